The van der Waals surface area contributed by atoms with Crippen LogP contribution in [-0.2, 0) is 6.54 Å². The van der Waals surface area contributed by atoms with Crippen LogP contribution in [0.2, 0.25) is 0 Å². The fourth-order valence-electron chi connectivity index (χ4n) is 2.87. The van der Waals surface area contributed by atoms with E-state index in [9.17, 15) is 4.79 Å². The van der Waals surface area contributed by atoms with Gasteiger partial charge in [0.15, 0.2) is 5.65 Å². The van der Waals surface area contributed by atoms with Crippen LogP contribution < -0.4 is 11.0 Å². The second-order valence-electron chi connectivity index (χ2n) is 6.09. The highest BCUT2D eigenvalue weighted by Crippen LogP contribution is 2.20. The third-order valence-electron chi connectivity index (χ3n) is 4.68. The number of nitrogens with zero attached hydrogens (tertiary/aromatic N) is 4. The average molecular weight is 289 g/mol. The number of fused-ring (bicyclic) bond motifs is 1. The first-order chi connectivity index (χ1) is 10.1. The summed E-state index contributed by atoms with van der Waals surface area (Å²) in [5, 5.41) is 7.77. The Hall–Kier alpha value is -1.66. The minimum Gasteiger partial charge on any atom is -0.314 e. The Bertz CT molecular complexity index is 666. The summed E-state index contributed by atoms with van der Waals surface area (Å²) in [6.45, 7) is 5.94. The summed E-state index contributed by atoms with van der Waals surface area (Å²) in [5.41, 5.74) is 0.919. The highest BCUT2D eigenvalue weighted by atomic mass is 16.2. The molecule has 0 atom stereocenters. The lowest BCUT2D eigenvalue weighted by molar-refractivity contribution is 0.146. The standard InChI is InChI=1S/C15H23N5O/c1-15(16-2)6-9-18(10-7-15)11-12-20-14(21)19-8-4-3-5-13(19)17-20/h3-5,8,16H,6-7,9-12H2,1-2H3. The van der Waals surface area contributed by atoms with Crippen LogP contribution in [0.5, 0.6) is 0 Å². The Balaban J connectivity index is 1.63. The molecular formula is C15H23N5O. The van der Waals surface area contributed by atoms with E-state index in [-0.39, 0.29) is 11.2 Å². The van der Waals surface area contributed by atoms with E-state index in [1.807, 2.05) is 25.2 Å². The molecule has 3 rings (SSSR count). The number of hydrogen-bond acceptors (Lipinski definition) is 4. The van der Waals surface area contributed by atoms with E-state index in [4.69, 9.17) is 0 Å². The van der Waals surface area contributed by atoms with Gasteiger partial charge in [-0.25, -0.2) is 9.48 Å². The molecule has 2 aromatic heterocycles. The van der Waals surface area contributed by atoms with E-state index >= 15 is 0 Å². The van der Waals surface area contributed by atoms with Crippen LogP contribution in [0.1, 0.15) is 19.8 Å². The third kappa shape index (κ3) is 2.87. The molecule has 0 aliphatic carbocycles. The summed E-state index contributed by atoms with van der Waals surface area (Å²) in [4.78, 5) is 14.6. The summed E-state index contributed by atoms with van der Waals surface area (Å²) in [6, 6.07) is 5.61. The largest absolute Gasteiger partial charge is 0.350 e. The van der Waals surface area contributed by atoms with Gasteiger partial charge in [0, 0.05) is 18.3 Å². The molecule has 0 spiro atoms. The molecule has 1 saturated heterocycles. The lowest BCUT2D eigenvalue weighted by atomic mass is 9.90. The van der Waals surface area contributed by atoms with Crippen molar-refractivity contribution < 1.29 is 0 Å². The van der Waals surface area contributed by atoms with Crippen molar-refractivity contribution in [3.8, 4) is 0 Å². The molecule has 6 nitrogen and oxygen atoms in total. The molecule has 0 aromatic carbocycles. The smallest absolute Gasteiger partial charge is 0.314 e. The van der Waals surface area contributed by atoms with Crippen LogP contribution in [-0.4, -0.2) is 51.3 Å². The van der Waals surface area contributed by atoms with Crippen molar-refractivity contribution in [3.05, 3.63) is 34.9 Å². The van der Waals surface area contributed by atoms with Gasteiger partial charge < -0.3 is 10.2 Å². The second-order valence-corrected chi connectivity index (χ2v) is 6.09. The van der Waals surface area contributed by atoms with Crippen LogP contribution in [0.3, 0.4) is 0 Å². The molecule has 114 valence electrons. The molecule has 0 amide bonds. The lowest BCUT2D eigenvalue weighted by Crippen LogP contribution is -2.50. The molecule has 1 aliphatic heterocycles. The number of likely N-dealkylation sites (tertiary alicyclic amines) is 1. The van der Waals surface area contributed by atoms with Crippen molar-refractivity contribution in [2.24, 2.45) is 0 Å². The summed E-state index contributed by atoms with van der Waals surface area (Å²) in [6.07, 6.45) is 4.05. The van der Waals surface area contributed by atoms with Gasteiger partial charge >= 0.3 is 5.69 Å². The highest BCUT2D eigenvalue weighted by molar-refractivity contribution is 5.35. The predicted octanol–water partition coefficient (Wildman–Crippen LogP) is 0.570. The first kappa shape index (κ1) is 14.3. The minimum absolute atomic E-state index is 0.0531. The van der Waals surface area contributed by atoms with E-state index in [2.05, 4.69) is 22.2 Å². The Morgan fingerprint density at radius 1 is 1.29 bits per heavy atom. The van der Waals surface area contributed by atoms with Crippen LogP contribution in [0, 0.1) is 0 Å². The zero-order valence-corrected chi connectivity index (χ0v) is 12.7. The maximum absolute atomic E-state index is 12.2. The first-order valence-electron chi connectivity index (χ1n) is 7.57. The van der Waals surface area contributed by atoms with Crippen LogP contribution >= 0.6 is 0 Å². The molecule has 1 fully saturated rings. The summed E-state index contributed by atoms with van der Waals surface area (Å²) >= 11 is 0. The fraction of sp³-hybridized carbons (Fsp3) is 0.600. The highest BCUT2D eigenvalue weighted by Gasteiger charge is 2.27. The van der Waals surface area contributed by atoms with Gasteiger partial charge in [0.1, 0.15) is 0 Å². The van der Waals surface area contributed by atoms with Gasteiger partial charge in [0.25, 0.3) is 0 Å². The normalized spacial score (nSPS) is 19.1. The second kappa shape index (κ2) is 5.61. The first-order valence-corrected chi connectivity index (χ1v) is 7.57. The van der Waals surface area contributed by atoms with E-state index in [0.29, 0.717) is 12.2 Å². The molecule has 21 heavy (non-hydrogen) atoms. The quantitative estimate of drug-likeness (QED) is 0.894. The molecule has 6 heteroatoms. The SMILES string of the molecule is CNC1(C)CCN(CCn2nc3ccccn3c2=O)CC1. The van der Waals surface area contributed by atoms with E-state index in [1.54, 1.807) is 15.3 Å². The molecule has 0 unspecified atom stereocenters. The minimum atomic E-state index is -0.0531. The number of hydrogen-bond donors (Lipinski definition) is 1. The van der Waals surface area contributed by atoms with Gasteiger partial charge in [0.05, 0.1) is 6.54 Å². The van der Waals surface area contributed by atoms with Crippen molar-refractivity contribution in [3.63, 3.8) is 0 Å². The van der Waals surface area contributed by atoms with Gasteiger partial charge in [-0.2, -0.15) is 0 Å². The fourth-order valence-corrected chi connectivity index (χ4v) is 2.87. The number of aromatic nitrogens is 3. The van der Waals surface area contributed by atoms with Crippen molar-refractivity contribution in [1.82, 2.24) is 24.4 Å². The van der Waals surface area contributed by atoms with Crippen LogP contribution in [0.4, 0.5) is 0 Å². The van der Waals surface area contributed by atoms with Crippen molar-refractivity contribution in [1.29, 1.82) is 0 Å². The van der Waals surface area contributed by atoms with Crippen LogP contribution in [0.15, 0.2) is 29.2 Å². The number of rotatable bonds is 4. The Labute approximate surface area is 124 Å². The molecule has 0 bridgehead atoms. The van der Waals surface area contributed by atoms with Crippen LogP contribution in [0.25, 0.3) is 5.65 Å². The Morgan fingerprint density at radius 2 is 2.05 bits per heavy atom. The van der Waals surface area contributed by atoms with Crippen molar-refractivity contribution >= 4 is 5.65 Å². The van der Waals surface area contributed by atoms with Gasteiger partial charge in [-0.15, -0.1) is 5.10 Å². The summed E-state index contributed by atoms with van der Waals surface area (Å²) in [5.74, 6) is 0. The molecule has 0 saturated carbocycles. The monoisotopic (exact) mass is 289 g/mol. The predicted molar refractivity (Wildman–Crippen MR) is 82.6 cm³/mol. The molecule has 0 radical (unpaired) electrons. The number of nitrogens with one attached hydrogen (secondary N) is 1. The topological polar surface area (TPSA) is 54.6 Å². The number of piperidine rings is 1. The van der Waals surface area contributed by atoms with E-state index in [0.717, 1.165) is 32.5 Å². The molecule has 1 N–H and O–H groups in total. The maximum atomic E-state index is 12.2. The van der Waals surface area contributed by atoms with Gasteiger partial charge in [0.2, 0.25) is 0 Å². The third-order valence-corrected chi connectivity index (χ3v) is 4.68. The molecule has 1 aliphatic rings. The van der Waals surface area contributed by atoms with E-state index in [1.165, 1.54) is 0 Å². The van der Waals surface area contributed by atoms with Crippen molar-refractivity contribution in [2.45, 2.75) is 31.8 Å². The number of pyridine rings is 1. The zero-order valence-electron chi connectivity index (χ0n) is 12.7. The summed E-state index contributed by atoms with van der Waals surface area (Å²) in [7, 11) is 2.03. The van der Waals surface area contributed by atoms with Gasteiger partial charge in [-0.05, 0) is 52.0 Å². The Kier molecular flexibility index (Phi) is 3.82. The van der Waals surface area contributed by atoms with Crippen molar-refractivity contribution in [2.75, 3.05) is 26.7 Å². The average Bonchev–Trinajstić information content (AvgIpc) is 2.84. The molecule has 3 heterocycles. The molecular weight excluding hydrogens is 266 g/mol. The van der Waals surface area contributed by atoms with E-state index < -0.39 is 0 Å². The zero-order chi connectivity index (χ0) is 14.9. The summed E-state index contributed by atoms with van der Waals surface area (Å²) < 4.78 is 3.16. The lowest BCUT2D eigenvalue weighted by Gasteiger charge is -2.39. The van der Waals surface area contributed by atoms with Gasteiger partial charge in [-0.3, -0.25) is 4.40 Å². The maximum Gasteiger partial charge on any atom is 0.350 e. The molecule has 2 aromatic rings. The Morgan fingerprint density at radius 3 is 2.71 bits per heavy atom. The van der Waals surface area contributed by atoms with Gasteiger partial charge in [-0.1, -0.05) is 6.07 Å².